The zero-order valence-corrected chi connectivity index (χ0v) is 24.6. The third-order valence-electron chi connectivity index (χ3n) is 8.00. The summed E-state index contributed by atoms with van der Waals surface area (Å²) in [5.74, 6) is -2.14. The van der Waals surface area contributed by atoms with Gasteiger partial charge in [0.1, 0.15) is 17.7 Å². The predicted molar refractivity (Wildman–Crippen MR) is 158 cm³/mol. The van der Waals surface area contributed by atoms with Gasteiger partial charge in [-0.2, -0.15) is 4.31 Å². The second-order valence-corrected chi connectivity index (χ2v) is 13.0. The van der Waals surface area contributed by atoms with Crippen molar-refractivity contribution in [3.8, 4) is 0 Å². The molecular formula is C30H30ClF2N5O4S. The molecule has 0 aromatic heterocycles. The second kappa shape index (κ2) is 13.4. The molecule has 0 bridgehead atoms. The number of nitrogens with zero attached hydrogens (tertiary/aromatic N) is 4. The number of sulfonamides is 1. The fraction of sp³-hybridized carbons (Fsp3) is 0.367. The lowest BCUT2D eigenvalue weighted by Gasteiger charge is -2.34. The number of amides is 1. The first-order valence-electron chi connectivity index (χ1n) is 13.9. The average Bonchev–Trinajstić information content (AvgIpc) is 3.79. The molecule has 2 aliphatic heterocycles. The minimum atomic E-state index is -3.80. The van der Waals surface area contributed by atoms with Crippen LogP contribution in [0.5, 0.6) is 0 Å². The Morgan fingerprint density at radius 2 is 1.79 bits per heavy atom. The molecule has 4 atom stereocenters. The van der Waals surface area contributed by atoms with Crippen LogP contribution in [0.15, 0.2) is 76.7 Å². The zero-order valence-electron chi connectivity index (χ0n) is 23.1. The standard InChI is InChI=1S/C30H30ClF2N5O4S/c31-21-6-4-19(5-7-21)28(20-14-16-42-17-15-20)29(36-37-34)30(39)35-27-3-1-2-26(33)25(27)13-10-23-18-38(23)43(40,41)24-11-8-22(32)9-12-24/h1-9,11-12,20,23,28-29H,10,13-18H2,(H,35,39)/t23-,28+,29+,38?/m0/s1. The van der Waals surface area contributed by atoms with E-state index in [9.17, 15) is 23.1 Å². The summed E-state index contributed by atoms with van der Waals surface area (Å²) in [6, 6.07) is 14.5. The molecule has 0 aliphatic carbocycles. The number of ether oxygens (including phenoxy) is 1. The molecule has 2 fully saturated rings. The van der Waals surface area contributed by atoms with Crippen LogP contribution in [0.2, 0.25) is 5.02 Å². The van der Waals surface area contributed by atoms with E-state index in [-0.39, 0.29) is 41.1 Å². The van der Waals surface area contributed by atoms with Gasteiger partial charge >= 0.3 is 0 Å². The van der Waals surface area contributed by atoms with Crippen LogP contribution in [0, 0.1) is 17.6 Å². The maximum atomic E-state index is 15.1. The maximum absolute atomic E-state index is 15.1. The van der Waals surface area contributed by atoms with Crippen LogP contribution in [0.25, 0.3) is 10.4 Å². The van der Waals surface area contributed by atoms with E-state index in [0.717, 1.165) is 17.7 Å². The highest BCUT2D eigenvalue weighted by atomic mass is 35.5. The van der Waals surface area contributed by atoms with Crippen molar-refractivity contribution < 1.29 is 26.7 Å². The van der Waals surface area contributed by atoms with Crippen LogP contribution in [-0.2, 0) is 26.0 Å². The van der Waals surface area contributed by atoms with Gasteiger partial charge in [-0.3, -0.25) is 4.79 Å². The topological polar surface area (TPSA) is 124 Å². The first kappa shape index (κ1) is 30.9. The fourth-order valence-electron chi connectivity index (χ4n) is 5.69. The van der Waals surface area contributed by atoms with E-state index in [1.807, 2.05) is 12.1 Å². The minimum absolute atomic E-state index is 0.00735. The van der Waals surface area contributed by atoms with E-state index in [1.165, 1.54) is 28.6 Å². The fourth-order valence-corrected chi connectivity index (χ4v) is 7.44. The number of hydrogen-bond donors (Lipinski definition) is 1. The van der Waals surface area contributed by atoms with E-state index in [0.29, 0.717) is 37.5 Å². The summed E-state index contributed by atoms with van der Waals surface area (Å²) in [4.78, 5) is 16.7. The smallest absolute Gasteiger partial charge is 0.243 e. The van der Waals surface area contributed by atoms with Crippen LogP contribution in [0.3, 0.4) is 0 Å². The van der Waals surface area contributed by atoms with Gasteiger partial charge in [0, 0.05) is 52.9 Å². The highest BCUT2D eigenvalue weighted by Crippen LogP contribution is 2.38. The first-order chi connectivity index (χ1) is 20.7. The van der Waals surface area contributed by atoms with E-state index in [1.54, 1.807) is 18.2 Å². The lowest BCUT2D eigenvalue weighted by atomic mass is 9.76. The molecule has 3 aromatic rings. The molecule has 9 nitrogen and oxygen atoms in total. The first-order valence-corrected chi connectivity index (χ1v) is 15.7. The van der Waals surface area contributed by atoms with Gasteiger partial charge in [-0.25, -0.2) is 17.2 Å². The number of anilines is 1. The number of carbonyl (C=O) groups is 1. The van der Waals surface area contributed by atoms with Gasteiger partial charge in [0.2, 0.25) is 15.9 Å². The van der Waals surface area contributed by atoms with Crippen molar-refractivity contribution in [3.63, 3.8) is 0 Å². The van der Waals surface area contributed by atoms with Gasteiger partial charge in [0.15, 0.2) is 0 Å². The molecule has 2 heterocycles. The highest BCUT2D eigenvalue weighted by Gasteiger charge is 2.44. The Hall–Kier alpha value is -3.54. The molecule has 1 N–H and O–H groups in total. The summed E-state index contributed by atoms with van der Waals surface area (Å²) in [6.45, 7) is 1.29. The van der Waals surface area contributed by atoms with Crippen molar-refractivity contribution in [2.45, 2.75) is 48.6 Å². The third kappa shape index (κ3) is 7.17. The Labute approximate surface area is 253 Å². The van der Waals surface area contributed by atoms with E-state index in [4.69, 9.17) is 16.3 Å². The monoisotopic (exact) mass is 629 g/mol. The number of benzene rings is 3. The molecule has 226 valence electrons. The number of nitrogens with one attached hydrogen (secondary N) is 1. The molecule has 0 spiro atoms. The number of hydrogen-bond acceptors (Lipinski definition) is 5. The van der Waals surface area contributed by atoms with Crippen LogP contribution in [0.4, 0.5) is 14.5 Å². The highest BCUT2D eigenvalue weighted by molar-refractivity contribution is 7.89. The minimum Gasteiger partial charge on any atom is -0.381 e. The van der Waals surface area contributed by atoms with Crippen molar-refractivity contribution >= 4 is 33.2 Å². The average molecular weight is 630 g/mol. The summed E-state index contributed by atoms with van der Waals surface area (Å²) in [5, 5.41) is 7.22. The van der Waals surface area contributed by atoms with Crippen LogP contribution in [0.1, 0.15) is 36.3 Å². The molecule has 43 heavy (non-hydrogen) atoms. The van der Waals surface area contributed by atoms with Crippen molar-refractivity contribution in [3.05, 3.63) is 105 Å². The third-order valence-corrected chi connectivity index (χ3v) is 10.2. The Balaban J connectivity index is 1.33. The molecule has 2 aliphatic rings. The summed E-state index contributed by atoms with van der Waals surface area (Å²) in [6.07, 6.45) is 1.79. The molecule has 1 amide bonds. The Morgan fingerprint density at radius 3 is 2.47 bits per heavy atom. The molecule has 13 heteroatoms. The molecular weight excluding hydrogens is 600 g/mol. The molecule has 3 aromatic carbocycles. The van der Waals surface area contributed by atoms with Crippen molar-refractivity contribution in [2.24, 2.45) is 11.0 Å². The molecule has 1 unspecified atom stereocenters. The van der Waals surface area contributed by atoms with E-state index >= 15 is 4.39 Å². The normalized spacial score (nSPS) is 20.1. The molecule has 2 saturated heterocycles. The summed E-state index contributed by atoms with van der Waals surface area (Å²) < 4.78 is 60.9. The molecule has 0 saturated carbocycles. The summed E-state index contributed by atoms with van der Waals surface area (Å²) in [5.41, 5.74) is 10.7. The second-order valence-electron chi connectivity index (χ2n) is 10.7. The largest absolute Gasteiger partial charge is 0.381 e. The molecule has 0 radical (unpaired) electrons. The van der Waals surface area contributed by atoms with Gasteiger partial charge < -0.3 is 10.1 Å². The van der Waals surface area contributed by atoms with E-state index < -0.39 is 39.5 Å². The Bertz CT molecular complexity index is 1610. The van der Waals surface area contributed by atoms with Gasteiger partial charge in [-0.1, -0.05) is 34.9 Å². The zero-order chi connectivity index (χ0) is 30.6. The van der Waals surface area contributed by atoms with Crippen molar-refractivity contribution in [2.75, 3.05) is 25.1 Å². The van der Waals surface area contributed by atoms with Crippen molar-refractivity contribution in [1.82, 2.24) is 4.31 Å². The Morgan fingerprint density at radius 1 is 1.09 bits per heavy atom. The molecule has 5 rings (SSSR count). The lowest BCUT2D eigenvalue weighted by Crippen LogP contribution is -2.37. The lowest BCUT2D eigenvalue weighted by molar-refractivity contribution is -0.118. The van der Waals surface area contributed by atoms with Gasteiger partial charge in [0.25, 0.3) is 0 Å². The number of azide groups is 1. The predicted octanol–water partition coefficient (Wildman–Crippen LogP) is 6.45. The quantitative estimate of drug-likeness (QED) is 0.113. The SMILES string of the molecule is [N-]=[N+]=N[C@@H](C(=O)Nc1cccc(F)c1CC[C@H]1CN1S(=O)(=O)c1ccc(F)cc1)[C@H](c1ccc(Cl)cc1)C1CCOCC1. The number of rotatable bonds is 11. The van der Waals surface area contributed by atoms with Crippen molar-refractivity contribution in [1.29, 1.82) is 0 Å². The maximum Gasteiger partial charge on any atom is 0.243 e. The van der Waals surface area contributed by atoms with Crippen LogP contribution < -0.4 is 5.32 Å². The van der Waals surface area contributed by atoms with Crippen LogP contribution in [-0.4, -0.2) is 50.5 Å². The number of halogens is 3. The summed E-state index contributed by atoms with van der Waals surface area (Å²) >= 11 is 6.11. The number of carbonyl (C=O) groups excluding carboxylic acids is 1. The van der Waals surface area contributed by atoms with Gasteiger partial charge in [-0.15, -0.1) is 0 Å². The van der Waals surface area contributed by atoms with Crippen LogP contribution >= 0.6 is 11.6 Å². The Kier molecular flexibility index (Phi) is 9.63. The van der Waals surface area contributed by atoms with Gasteiger partial charge in [0.05, 0.1) is 4.90 Å². The van der Waals surface area contributed by atoms with Gasteiger partial charge in [-0.05, 0) is 91.2 Å². The van der Waals surface area contributed by atoms with E-state index in [2.05, 4.69) is 15.3 Å². The summed E-state index contributed by atoms with van der Waals surface area (Å²) in [7, 11) is -3.80.